The first kappa shape index (κ1) is 20.6. The number of fused-ring (bicyclic) bond motifs is 2. The molecule has 30 heavy (non-hydrogen) atoms. The van der Waals surface area contributed by atoms with E-state index in [1.807, 2.05) is 45.0 Å². The lowest BCUT2D eigenvalue weighted by atomic mass is 10.0. The van der Waals surface area contributed by atoms with Gasteiger partial charge in [-0.25, -0.2) is 9.78 Å². The number of thiophene rings is 1. The quantitative estimate of drug-likeness (QED) is 0.549. The SMILES string of the molecule is C=CC(=O)Nc1sc2c(c1-c1nc3ccccc3s1)CCN(C(=O)OC(C)(C)C)C2. The predicted molar refractivity (Wildman–Crippen MR) is 122 cm³/mol. The molecule has 0 saturated heterocycles. The summed E-state index contributed by atoms with van der Waals surface area (Å²) in [6.45, 7) is 10.2. The third-order valence-electron chi connectivity index (χ3n) is 4.64. The van der Waals surface area contributed by atoms with Crippen LogP contribution in [0, 0.1) is 0 Å². The van der Waals surface area contributed by atoms with Crippen molar-refractivity contribution < 1.29 is 14.3 Å². The standard InChI is InChI=1S/C22H23N3O3S2/c1-5-17(26)24-20-18(19-23-14-8-6-7-9-15(14)29-19)13-10-11-25(12-16(13)30-20)21(27)28-22(2,3)4/h5-9H,1,10-12H2,2-4H3,(H,24,26). The number of rotatable bonds is 3. The van der Waals surface area contributed by atoms with Crippen LogP contribution < -0.4 is 5.32 Å². The maximum absolute atomic E-state index is 12.5. The maximum atomic E-state index is 12.5. The van der Waals surface area contributed by atoms with E-state index in [0.717, 1.165) is 36.2 Å². The van der Waals surface area contributed by atoms with E-state index in [2.05, 4.69) is 11.9 Å². The fourth-order valence-electron chi connectivity index (χ4n) is 3.34. The molecule has 2 amide bonds. The molecule has 1 aliphatic heterocycles. The molecule has 0 saturated carbocycles. The molecule has 0 aliphatic carbocycles. The second-order valence-electron chi connectivity index (χ2n) is 8.04. The van der Waals surface area contributed by atoms with Crippen LogP contribution in [-0.4, -0.2) is 34.0 Å². The van der Waals surface area contributed by atoms with Crippen molar-refractivity contribution in [2.24, 2.45) is 0 Å². The van der Waals surface area contributed by atoms with E-state index in [-0.39, 0.29) is 12.0 Å². The molecule has 3 heterocycles. The molecule has 0 fully saturated rings. The summed E-state index contributed by atoms with van der Waals surface area (Å²) in [6.07, 6.45) is 1.62. The zero-order chi connectivity index (χ0) is 21.5. The number of nitrogens with one attached hydrogen (secondary N) is 1. The maximum Gasteiger partial charge on any atom is 0.410 e. The van der Waals surface area contributed by atoms with Gasteiger partial charge in [-0.15, -0.1) is 22.7 Å². The minimum absolute atomic E-state index is 0.264. The molecule has 0 radical (unpaired) electrons. The van der Waals surface area contributed by atoms with Crippen molar-refractivity contribution in [3.05, 3.63) is 47.4 Å². The zero-order valence-electron chi connectivity index (χ0n) is 17.2. The van der Waals surface area contributed by atoms with E-state index < -0.39 is 5.60 Å². The molecule has 8 heteroatoms. The number of ether oxygens (including phenoxy) is 1. The van der Waals surface area contributed by atoms with Crippen LogP contribution >= 0.6 is 22.7 Å². The van der Waals surface area contributed by atoms with Crippen LogP contribution in [0.25, 0.3) is 20.8 Å². The van der Waals surface area contributed by atoms with Gasteiger partial charge in [0.25, 0.3) is 0 Å². The average molecular weight is 442 g/mol. The lowest BCUT2D eigenvalue weighted by Crippen LogP contribution is -2.39. The van der Waals surface area contributed by atoms with Gasteiger partial charge >= 0.3 is 6.09 Å². The summed E-state index contributed by atoms with van der Waals surface area (Å²) in [5, 5.41) is 4.56. The first-order chi connectivity index (χ1) is 14.2. The Morgan fingerprint density at radius 1 is 1.27 bits per heavy atom. The van der Waals surface area contributed by atoms with E-state index in [9.17, 15) is 9.59 Å². The van der Waals surface area contributed by atoms with Gasteiger partial charge in [0.1, 0.15) is 15.6 Å². The normalized spacial score (nSPS) is 13.8. The summed E-state index contributed by atoms with van der Waals surface area (Å²) < 4.78 is 6.63. The van der Waals surface area contributed by atoms with Gasteiger partial charge in [-0.2, -0.15) is 0 Å². The Morgan fingerprint density at radius 3 is 2.73 bits per heavy atom. The van der Waals surface area contributed by atoms with Gasteiger partial charge in [0, 0.05) is 17.0 Å². The molecular weight excluding hydrogens is 418 g/mol. The smallest absolute Gasteiger partial charge is 0.410 e. The van der Waals surface area contributed by atoms with Crippen LogP contribution in [0.5, 0.6) is 0 Å². The Bertz CT molecular complexity index is 1110. The van der Waals surface area contributed by atoms with Gasteiger partial charge in [-0.05, 0) is 51.0 Å². The second kappa shape index (κ2) is 7.85. The monoisotopic (exact) mass is 441 g/mol. The molecule has 0 spiro atoms. The second-order valence-corrected chi connectivity index (χ2v) is 10.2. The Kier molecular flexibility index (Phi) is 5.38. The Hall–Kier alpha value is -2.71. The Morgan fingerprint density at radius 2 is 2.03 bits per heavy atom. The number of amides is 2. The van der Waals surface area contributed by atoms with Gasteiger partial charge in [-0.3, -0.25) is 4.79 Å². The summed E-state index contributed by atoms with van der Waals surface area (Å²) in [7, 11) is 0. The molecule has 1 aromatic carbocycles. The Balaban J connectivity index is 1.73. The van der Waals surface area contributed by atoms with Crippen LogP contribution in [0.2, 0.25) is 0 Å². The number of hydrogen-bond acceptors (Lipinski definition) is 6. The third-order valence-corrected chi connectivity index (χ3v) is 6.82. The number of hydrogen-bond donors (Lipinski definition) is 1. The molecule has 2 aromatic heterocycles. The van der Waals surface area contributed by atoms with Crippen LogP contribution in [0.15, 0.2) is 36.9 Å². The highest BCUT2D eigenvalue weighted by Gasteiger charge is 2.31. The summed E-state index contributed by atoms with van der Waals surface area (Å²) in [6, 6.07) is 7.99. The molecule has 0 unspecified atom stereocenters. The van der Waals surface area contributed by atoms with E-state index in [0.29, 0.717) is 19.5 Å². The fourth-order valence-corrected chi connectivity index (χ4v) is 5.72. The minimum atomic E-state index is -0.540. The van der Waals surface area contributed by atoms with Crippen molar-refractivity contribution in [1.29, 1.82) is 0 Å². The van der Waals surface area contributed by atoms with Crippen molar-refractivity contribution in [2.45, 2.75) is 39.3 Å². The van der Waals surface area contributed by atoms with Gasteiger partial charge < -0.3 is 15.0 Å². The predicted octanol–water partition coefficient (Wildman–Crippen LogP) is 5.44. The summed E-state index contributed by atoms with van der Waals surface area (Å²) in [4.78, 5) is 32.2. The molecule has 1 N–H and O–H groups in total. The lowest BCUT2D eigenvalue weighted by Gasteiger charge is -2.30. The van der Waals surface area contributed by atoms with Gasteiger partial charge in [0.05, 0.1) is 16.8 Å². The summed E-state index contributed by atoms with van der Waals surface area (Å²) in [5.74, 6) is -0.264. The number of carbonyl (C=O) groups is 2. The topological polar surface area (TPSA) is 71.5 Å². The van der Waals surface area contributed by atoms with Crippen molar-refractivity contribution in [3.8, 4) is 10.6 Å². The highest BCUT2D eigenvalue weighted by Crippen LogP contribution is 2.45. The number of benzene rings is 1. The van der Waals surface area contributed by atoms with E-state index in [4.69, 9.17) is 9.72 Å². The summed E-state index contributed by atoms with van der Waals surface area (Å²) in [5.41, 5.74) is 2.49. The molecule has 3 aromatic rings. The van der Waals surface area contributed by atoms with E-state index >= 15 is 0 Å². The molecule has 156 valence electrons. The number of anilines is 1. The van der Waals surface area contributed by atoms with Crippen LogP contribution in [0.1, 0.15) is 31.2 Å². The molecule has 1 aliphatic rings. The molecule has 4 rings (SSSR count). The van der Waals surface area contributed by atoms with Crippen molar-refractivity contribution in [3.63, 3.8) is 0 Å². The number of thiazole rings is 1. The Labute approximate surface area is 183 Å². The third kappa shape index (κ3) is 4.11. The lowest BCUT2D eigenvalue weighted by molar-refractivity contribution is -0.111. The van der Waals surface area contributed by atoms with Gasteiger partial charge in [-0.1, -0.05) is 18.7 Å². The number of aromatic nitrogens is 1. The van der Waals surface area contributed by atoms with E-state index in [1.54, 1.807) is 16.2 Å². The van der Waals surface area contributed by atoms with Crippen LogP contribution in [0.4, 0.5) is 9.80 Å². The van der Waals surface area contributed by atoms with Crippen LogP contribution in [0.3, 0.4) is 0 Å². The average Bonchev–Trinajstić information content (AvgIpc) is 3.26. The number of carbonyl (C=O) groups excluding carboxylic acids is 2. The van der Waals surface area contributed by atoms with Gasteiger partial charge in [0.15, 0.2) is 0 Å². The van der Waals surface area contributed by atoms with Crippen molar-refractivity contribution >= 4 is 49.9 Å². The molecule has 0 bridgehead atoms. The fraction of sp³-hybridized carbons (Fsp3) is 0.318. The largest absolute Gasteiger partial charge is 0.444 e. The van der Waals surface area contributed by atoms with Gasteiger partial charge in [0.2, 0.25) is 5.91 Å². The first-order valence-corrected chi connectivity index (χ1v) is 11.3. The minimum Gasteiger partial charge on any atom is -0.444 e. The first-order valence-electron chi connectivity index (χ1n) is 9.67. The number of nitrogens with zero attached hydrogens (tertiary/aromatic N) is 2. The van der Waals surface area contributed by atoms with Crippen molar-refractivity contribution in [2.75, 3.05) is 11.9 Å². The summed E-state index contributed by atoms with van der Waals surface area (Å²) >= 11 is 3.09. The highest BCUT2D eigenvalue weighted by molar-refractivity contribution is 7.22. The number of para-hydroxylation sites is 1. The van der Waals surface area contributed by atoms with Crippen LogP contribution in [-0.2, 0) is 22.5 Å². The highest BCUT2D eigenvalue weighted by atomic mass is 32.1. The van der Waals surface area contributed by atoms with Crippen molar-refractivity contribution in [1.82, 2.24) is 9.88 Å². The van der Waals surface area contributed by atoms with E-state index in [1.165, 1.54) is 17.4 Å². The molecular formula is C22H23N3O3S2. The molecule has 6 nitrogen and oxygen atoms in total. The molecule has 0 atom stereocenters. The zero-order valence-corrected chi connectivity index (χ0v) is 18.8.